The molecule has 4 nitrogen and oxygen atoms in total. The Morgan fingerprint density at radius 1 is 1.15 bits per heavy atom. The molecule has 0 aliphatic carbocycles. The molecule has 2 aromatic rings. The first-order valence-corrected chi connectivity index (χ1v) is 7.16. The standard InChI is InChI=1S/C16H20N4/c1-20(12-14-8-5-11-17-14)16-10-9-15(18-19-16)13-6-3-2-4-7-13/h2-4,6-7,9-10,14,17H,5,8,11-12H2,1H3. The number of hydrogen-bond acceptors (Lipinski definition) is 4. The Labute approximate surface area is 119 Å². The van der Waals surface area contributed by atoms with Crippen molar-refractivity contribution >= 4 is 5.82 Å². The van der Waals surface area contributed by atoms with Crippen molar-refractivity contribution in [3.63, 3.8) is 0 Å². The van der Waals surface area contributed by atoms with Gasteiger partial charge in [-0.1, -0.05) is 30.3 Å². The van der Waals surface area contributed by atoms with Crippen molar-refractivity contribution in [1.29, 1.82) is 0 Å². The normalized spacial score (nSPS) is 18.1. The first-order chi connectivity index (χ1) is 9.83. The Morgan fingerprint density at radius 2 is 2.00 bits per heavy atom. The van der Waals surface area contributed by atoms with Crippen molar-refractivity contribution in [1.82, 2.24) is 15.5 Å². The fourth-order valence-corrected chi connectivity index (χ4v) is 2.63. The molecule has 0 spiro atoms. The first kappa shape index (κ1) is 13.1. The average molecular weight is 268 g/mol. The van der Waals surface area contributed by atoms with Crippen molar-refractivity contribution in [2.45, 2.75) is 18.9 Å². The quantitative estimate of drug-likeness (QED) is 0.924. The lowest BCUT2D eigenvalue weighted by atomic mass is 10.1. The number of rotatable bonds is 4. The molecule has 4 heteroatoms. The summed E-state index contributed by atoms with van der Waals surface area (Å²) in [6.07, 6.45) is 2.52. The zero-order valence-corrected chi connectivity index (χ0v) is 11.8. The molecule has 0 bridgehead atoms. The van der Waals surface area contributed by atoms with E-state index in [1.807, 2.05) is 30.3 Å². The molecule has 2 heterocycles. The molecule has 104 valence electrons. The van der Waals surface area contributed by atoms with E-state index in [9.17, 15) is 0 Å². The predicted molar refractivity (Wildman–Crippen MR) is 81.8 cm³/mol. The van der Waals surface area contributed by atoms with Crippen LogP contribution in [0.1, 0.15) is 12.8 Å². The number of nitrogens with one attached hydrogen (secondary N) is 1. The van der Waals surface area contributed by atoms with E-state index in [0.29, 0.717) is 6.04 Å². The molecule has 1 atom stereocenters. The zero-order chi connectivity index (χ0) is 13.8. The SMILES string of the molecule is CN(CC1CCCN1)c1ccc(-c2ccccc2)nn1. The highest BCUT2D eigenvalue weighted by molar-refractivity contribution is 5.59. The molecule has 0 radical (unpaired) electrons. The van der Waals surface area contributed by atoms with E-state index in [-0.39, 0.29) is 0 Å². The smallest absolute Gasteiger partial charge is 0.151 e. The monoisotopic (exact) mass is 268 g/mol. The van der Waals surface area contributed by atoms with Crippen LogP contribution in [0.25, 0.3) is 11.3 Å². The molecule has 0 amide bonds. The minimum Gasteiger partial charge on any atom is -0.357 e. The van der Waals surface area contributed by atoms with E-state index in [0.717, 1.165) is 30.2 Å². The summed E-state index contributed by atoms with van der Waals surface area (Å²) in [6.45, 7) is 2.12. The van der Waals surface area contributed by atoms with Crippen LogP contribution in [-0.2, 0) is 0 Å². The third-order valence-corrected chi connectivity index (χ3v) is 3.77. The lowest BCUT2D eigenvalue weighted by molar-refractivity contribution is 0.596. The summed E-state index contributed by atoms with van der Waals surface area (Å²) in [5.74, 6) is 0.929. The highest BCUT2D eigenvalue weighted by Crippen LogP contribution is 2.18. The lowest BCUT2D eigenvalue weighted by Crippen LogP contribution is -2.35. The van der Waals surface area contributed by atoms with Crippen LogP contribution in [-0.4, -0.2) is 36.4 Å². The van der Waals surface area contributed by atoms with Crippen LogP contribution in [0, 0.1) is 0 Å². The summed E-state index contributed by atoms with van der Waals surface area (Å²) in [5, 5.41) is 12.2. The highest BCUT2D eigenvalue weighted by atomic mass is 15.3. The van der Waals surface area contributed by atoms with Gasteiger partial charge in [-0.15, -0.1) is 10.2 Å². The predicted octanol–water partition coefficient (Wildman–Crippen LogP) is 2.33. The van der Waals surface area contributed by atoms with Gasteiger partial charge in [-0.2, -0.15) is 0 Å². The first-order valence-electron chi connectivity index (χ1n) is 7.16. The molecule has 20 heavy (non-hydrogen) atoms. The van der Waals surface area contributed by atoms with E-state index in [2.05, 4.69) is 39.6 Å². The molecule has 1 aromatic heterocycles. The number of aromatic nitrogens is 2. The molecule has 1 N–H and O–H groups in total. The van der Waals surface area contributed by atoms with Gasteiger partial charge in [-0.3, -0.25) is 0 Å². The molecule has 1 aliphatic heterocycles. The minimum absolute atomic E-state index is 0.579. The van der Waals surface area contributed by atoms with E-state index < -0.39 is 0 Å². The van der Waals surface area contributed by atoms with Crippen molar-refractivity contribution in [3.05, 3.63) is 42.5 Å². The third kappa shape index (κ3) is 2.96. The Balaban J connectivity index is 1.69. The minimum atomic E-state index is 0.579. The van der Waals surface area contributed by atoms with Crippen molar-refractivity contribution in [3.8, 4) is 11.3 Å². The average Bonchev–Trinajstić information content (AvgIpc) is 3.01. The number of likely N-dealkylation sites (N-methyl/N-ethyl adjacent to an activating group) is 1. The number of hydrogen-bond donors (Lipinski definition) is 1. The maximum absolute atomic E-state index is 4.35. The van der Waals surface area contributed by atoms with Crippen LogP contribution >= 0.6 is 0 Å². The van der Waals surface area contributed by atoms with Gasteiger partial charge < -0.3 is 10.2 Å². The largest absolute Gasteiger partial charge is 0.357 e. The number of anilines is 1. The summed E-state index contributed by atoms with van der Waals surface area (Å²) in [7, 11) is 2.08. The fraction of sp³-hybridized carbons (Fsp3) is 0.375. The van der Waals surface area contributed by atoms with Crippen molar-refractivity contribution in [2.24, 2.45) is 0 Å². The number of benzene rings is 1. The summed E-state index contributed by atoms with van der Waals surface area (Å²) in [6, 6.07) is 14.8. The molecule has 3 rings (SSSR count). The van der Waals surface area contributed by atoms with Gasteiger partial charge in [-0.25, -0.2) is 0 Å². The van der Waals surface area contributed by atoms with E-state index in [1.165, 1.54) is 12.8 Å². The second kappa shape index (κ2) is 6.01. The Morgan fingerprint density at radius 3 is 2.65 bits per heavy atom. The lowest BCUT2D eigenvalue weighted by Gasteiger charge is -2.21. The Hall–Kier alpha value is -1.94. The van der Waals surface area contributed by atoms with Crippen LogP contribution < -0.4 is 10.2 Å². The molecule has 1 fully saturated rings. The molecular formula is C16H20N4. The van der Waals surface area contributed by atoms with E-state index >= 15 is 0 Å². The summed E-state index contributed by atoms with van der Waals surface area (Å²) in [5.41, 5.74) is 2.02. The summed E-state index contributed by atoms with van der Waals surface area (Å²) in [4.78, 5) is 2.17. The molecular weight excluding hydrogens is 248 g/mol. The van der Waals surface area contributed by atoms with Crippen molar-refractivity contribution in [2.75, 3.05) is 25.0 Å². The van der Waals surface area contributed by atoms with Gasteiger partial charge in [0.2, 0.25) is 0 Å². The van der Waals surface area contributed by atoms with Crippen LogP contribution in [0.15, 0.2) is 42.5 Å². The van der Waals surface area contributed by atoms with Gasteiger partial charge in [-0.05, 0) is 31.5 Å². The van der Waals surface area contributed by atoms with Gasteiger partial charge >= 0.3 is 0 Å². The van der Waals surface area contributed by atoms with Gasteiger partial charge in [0.15, 0.2) is 5.82 Å². The second-order valence-electron chi connectivity index (χ2n) is 5.32. The topological polar surface area (TPSA) is 41.0 Å². The molecule has 1 aromatic carbocycles. The Bertz CT molecular complexity index is 532. The van der Waals surface area contributed by atoms with Gasteiger partial charge in [0.1, 0.15) is 0 Å². The van der Waals surface area contributed by atoms with Crippen LogP contribution in [0.3, 0.4) is 0 Å². The van der Waals surface area contributed by atoms with Crippen LogP contribution in [0.5, 0.6) is 0 Å². The second-order valence-corrected chi connectivity index (χ2v) is 5.32. The van der Waals surface area contributed by atoms with Gasteiger partial charge in [0.05, 0.1) is 5.69 Å². The molecule has 1 unspecified atom stereocenters. The summed E-state index contributed by atoms with van der Waals surface area (Å²) < 4.78 is 0. The molecule has 0 saturated carbocycles. The maximum atomic E-state index is 4.35. The zero-order valence-electron chi connectivity index (χ0n) is 11.8. The highest BCUT2D eigenvalue weighted by Gasteiger charge is 2.16. The Kier molecular flexibility index (Phi) is 3.92. The summed E-state index contributed by atoms with van der Waals surface area (Å²) >= 11 is 0. The van der Waals surface area contributed by atoms with Crippen molar-refractivity contribution < 1.29 is 0 Å². The van der Waals surface area contributed by atoms with Gasteiger partial charge in [0.25, 0.3) is 0 Å². The molecule has 1 aliphatic rings. The van der Waals surface area contributed by atoms with E-state index in [1.54, 1.807) is 0 Å². The number of nitrogens with zero attached hydrogens (tertiary/aromatic N) is 3. The van der Waals surface area contributed by atoms with E-state index in [4.69, 9.17) is 0 Å². The fourth-order valence-electron chi connectivity index (χ4n) is 2.63. The van der Waals surface area contributed by atoms with Crippen LogP contribution in [0.4, 0.5) is 5.82 Å². The van der Waals surface area contributed by atoms with Gasteiger partial charge in [0, 0.05) is 25.2 Å². The third-order valence-electron chi connectivity index (χ3n) is 3.77. The van der Waals surface area contributed by atoms with Crippen LogP contribution in [0.2, 0.25) is 0 Å². The molecule has 1 saturated heterocycles. The maximum Gasteiger partial charge on any atom is 0.151 e.